The van der Waals surface area contributed by atoms with E-state index in [2.05, 4.69) is 31.3 Å². The molecule has 0 aromatic heterocycles. The van der Waals surface area contributed by atoms with Crippen LogP contribution in [0.4, 0.5) is 0 Å². The van der Waals surface area contributed by atoms with Gasteiger partial charge in [0.05, 0.1) is 0 Å². The molecule has 0 heterocycles. The third-order valence-electron chi connectivity index (χ3n) is 10.1. The Balaban J connectivity index is 4.11. The molecule has 0 saturated carbocycles. The van der Waals surface area contributed by atoms with Crippen LogP contribution in [0.2, 0.25) is 0 Å². The van der Waals surface area contributed by atoms with Crippen LogP contribution in [0.1, 0.15) is 232 Å². The van der Waals surface area contributed by atoms with Gasteiger partial charge in [0.15, 0.2) is 0 Å². The lowest BCUT2D eigenvalue weighted by molar-refractivity contribution is -0.150. The van der Waals surface area contributed by atoms with Crippen LogP contribution >= 0.6 is 0 Å². The smallest absolute Gasteiger partial charge is 0.326 e. The van der Waals surface area contributed by atoms with Gasteiger partial charge in [0.1, 0.15) is 12.1 Å². The first kappa shape index (κ1) is 49.1. The molecule has 0 saturated heterocycles. The number of amides is 1. The van der Waals surface area contributed by atoms with E-state index in [0.717, 1.165) is 64.2 Å². The highest BCUT2D eigenvalue weighted by molar-refractivity contribution is 5.83. The number of carbonyl (C=O) groups is 3. The Labute approximate surface area is 315 Å². The standard InChI is InChI=1S/C44H84N2O5/c1-3-5-7-9-11-12-13-14-15-16-17-18-19-20-21-23-28-32-38-43(48)51-40(34-29-25-22-10-8-6-4-2)35-30-26-24-27-31-37-42(47)46-41(44(49)50)36-33-39-45/h15-16,40-41H,3-14,17-39,45H2,1-2H3,(H,46,47)(H,49,50)/b16-15-. The van der Waals surface area contributed by atoms with Gasteiger partial charge in [-0.3, -0.25) is 9.59 Å². The van der Waals surface area contributed by atoms with Gasteiger partial charge in [-0.15, -0.1) is 0 Å². The maximum absolute atomic E-state index is 12.7. The number of unbranched alkanes of at least 4 members (excludes halogenated alkanes) is 24. The molecule has 2 unspecified atom stereocenters. The highest BCUT2D eigenvalue weighted by Gasteiger charge is 2.19. The number of ether oxygens (including phenoxy) is 1. The van der Waals surface area contributed by atoms with Crippen molar-refractivity contribution in [3.05, 3.63) is 12.2 Å². The average molecular weight is 721 g/mol. The van der Waals surface area contributed by atoms with Gasteiger partial charge >= 0.3 is 11.9 Å². The molecule has 0 aromatic rings. The number of carboxylic acid groups (broad SMARTS) is 1. The molecule has 7 nitrogen and oxygen atoms in total. The molecule has 0 aliphatic heterocycles. The second-order valence-corrected chi connectivity index (χ2v) is 15.1. The van der Waals surface area contributed by atoms with Crippen molar-refractivity contribution >= 4 is 17.8 Å². The third kappa shape index (κ3) is 36.3. The van der Waals surface area contributed by atoms with E-state index in [9.17, 15) is 19.5 Å². The summed E-state index contributed by atoms with van der Waals surface area (Å²) in [4.78, 5) is 36.3. The number of esters is 1. The molecule has 0 rings (SSSR count). The first-order valence-corrected chi connectivity index (χ1v) is 22.0. The molecule has 0 spiro atoms. The monoisotopic (exact) mass is 721 g/mol. The minimum absolute atomic E-state index is 0.0185. The molecule has 0 bridgehead atoms. The van der Waals surface area contributed by atoms with Gasteiger partial charge in [0.2, 0.25) is 5.91 Å². The highest BCUT2D eigenvalue weighted by atomic mass is 16.5. The number of rotatable bonds is 40. The molecular weight excluding hydrogens is 636 g/mol. The number of carbonyl (C=O) groups excluding carboxylic acids is 2. The number of hydrogen-bond donors (Lipinski definition) is 3. The molecule has 0 aliphatic carbocycles. The number of allylic oxidation sites excluding steroid dienone is 2. The van der Waals surface area contributed by atoms with E-state index >= 15 is 0 Å². The Morgan fingerprint density at radius 3 is 1.41 bits per heavy atom. The van der Waals surface area contributed by atoms with Crippen LogP contribution in [0.25, 0.3) is 0 Å². The van der Waals surface area contributed by atoms with Crippen molar-refractivity contribution in [2.75, 3.05) is 6.54 Å². The third-order valence-corrected chi connectivity index (χ3v) is 10.1. The molecule has 4 N–H and O–H groups in total. The number of nitrogens with one attached hydrogen (secondary N) is 1. The van der Waals surface area contributed by atoms with Crippen molar-refractivity contribution in [2.24, 2.45) is 5.73 Å². The summed E-state index contributed by atoms with van der Waals surface area (Å²) >= 11 is 0. The maximum atomic E-state index is 12.7. The van der Waals surface area contributed by atoms with E-state index in [4.69, 9.17) is 10.5 Å². The fourth-order valence-electron chi connectivity index (χ4n) is 6.74. The molecule has 1 amide bonds. The minimum Gasteiger partial charge on any atom is -0.480 e. The summed E-state index contributed by atoms with van der Waals surface area (Å²) in [6.07, 6.45) is 42.6. The van der Waals surface area contributed by atoms with Crippen molar-refractivity contribution in [2.45, 2.75) is 244 Å². The summed E-state index contributed by atoms with van der Waals surface area (Å²) in [5.41, 5.74) is 5.48. The molecule has 2 atom stereocenters. The van der Waals surface area contributed by atoms with Crippen LogP contribution in [-0.2, 0) is 19.1 Å². The van der Waals surface area contributed by atoms with Crippen LogP contribution in [0.5, 0.6) is 0 Å². The van der Waals surface area contributed by atoms with Gasteiger partial charge in [0, 0.05) is 12.8 Å². The fraction of sp³-hybridized carbons (Fsp3) is 0.886. The predicted molar refractivity (Wildman–Crippen MR) is 216 cm³/mol. The molecule has 0 radical (unpaired) electrons. The predicted octanol–water partition coefficient (Wildman–Crippen LogP) is 12.3. The Morgan fingerprint density at radius 2 is 0.961 bits per heavy atom. The highest BCUT2D eigenvalue weighted by Crippen LogP contribution is 2.19. The first-order chi connectivity index (χ1) is 24.9. The molecule has 51 heavy (non-hydrogen) atoms. The summed E-state index contributed by atoms with van der Waals surface area (Å²) in [5, 5.41) is 11.9. The molecule has 300 valence electrons. The molecule has 0 fully saturated rings. The molecule has 0 aliphatic rings. The maximum Gasteiger partial charge on any atom is 0.326 e. The quantitative estimate of drug-likeness (QED) is 0.0329. The SMILES string of the molecule is CCCCCCCCC/C=C\CCCCCCCCCC(=O)OC(CCCCCCCCC)CCCCCCCC(=O)NC(CCCN)C(=O)O. The number of aliphatic carboxylic acids is 1. The van der Waals surface area contributed by atoms with E-state index in [1.54, 1.807) is 0 Å². The normalized spacial score (nSPS) is 12.7. The fourth-order valence-corrected chi connectivity index (χ4v) is 6.74. The Kier molecular flexibility index (Phi) is 37.9. The summed E-state index contributed by atoms with van der Waals surface area (Å²) in [6, 6.07) is -0.853. The zero-order valence-electron chi connectivity index (χ0n) is 33.7. The van der Waals surface area contributed by atoms with Crippen LogP contribution < -0.4 is 11.1 Å². The van der Waals surface area contributed by atoms with Gasteiger partial charge in [0.25, 0.3) is 0 Å². The van der Waals surface area contributed by atoms with E-state index in [0.29, 0.717) is 32.2 Å². The van der Waals surface area contributed by atoms with Crippen molar-refractivity contribution in [1.29, 1.82) is 0 Å². The second-order valence-electron chi connectivity index (χ2n) is 15.1. The summed E-state index contributed by atoms with van der Waals surface area (Å²) in [7, 11) is 0. The second kappa shape index (κ2) is 39.3. The largest absolute Gasteiger partial charge is 0.480 e. The first-order valence-electron chi connectivity index (χ1n) is 22.0. The van der Waals surface area contributed by atoms with Crippen molar-refractivity contribution in [3.63, 3.8) is 0 Å². The van der Waals surface area contributed by atoms with E-state index in [-0.39, 0.29) is 18.0 Å². The molecule has 0 aromatic carbocycles. The Hall–Kier alpha value is -1.89. The lowest BCUT2D eigenvalue weighted by atomic mass is 10.0. The lowest BCUT2D eigenvalue weighted by Crippen LogP contribution is -2.40. The van der Waals surface area contributed by atoms with Crippen LogP contribution in [0, 0.1) is 0 Å². The zero-order valence-corrected chi connectivity index (χ0v) is 33.7. The van der Waals surface area contributed by atoms with Crippen molar-refractivity contribution in [1.82, 2.24) is 5.32 Å². The van der Waals surface area contributed by atoms with Crippen LogP contribution in [0.3, 0.4) is 0 Å². The minimum atomic E-state index is -1.00. The molecule has 7 heteroatoms. The van der Waals surface area contributed by atoms with Crippen molar-refractivity contribution < 1.29 is 24.2 Å². The van der Waals surface area contributed by atoms with Gasteiger partial charge in [-0.1, -0.05) is 154 Å². The van der Waals surface area contributed by atoms with E-state index in [1.807, 2.05) is 0 Å². The van der Waals surface area contributed by atoms with Crippen molar-refractivity contribution in [3.8, 4) is 0 Å². The van der Waals surface area contributed by atoms with E-state index < -0.39 is 12.0 Å². The van der Waals surface area contributed by atoms with Gasteiger partial charge < -0.3 is 20.9 Å². The Bertz CT molecular complexity index is 817. The van der Waals surface area contributed by atoms with Gasteiger partial charge in [-0.25, -0.2) is 4.79 Å². The van der Waals surface area contributed by atoms with E-state index in [1.165, 1.54) is 128 Å². The number of carboxylic acids is 1. The number of hydrogen-bond acceptors (Lipinski definition) is 5. The molecular formula is C44H84N2O5. The van der Waals surface area contributed by atoms with Crippen LogP contribution in [-0.4, -0.2) is 41.6 Å². The van der Waals surface area contributed by atoms with Crippen LogP contribution in [0.15, 0.2) is 12.2 Å². The van der Waals surface area contributed by atoms with Gasteiger partial charge in [-0.2, -0.15) is 0 Å². The summed E-state index contributed by atoms with van der Waals surface area (Å²) in [6.45, 7) is 4.94. The Morgan fingerprint density at radius 1 is 0.549 bits per heavy atom. The topological polar surface area (TPSA) is 119 Å². The number of nitrogens with two attached hydrogens (primary N) is 1. The summed E-state index contributed by atoms with van der Waals surface area (Å²) < 4.78 is 6.02. The average Bonchev–Trinajstić information content (AvgIpc) is 3.11. The lowest BCUT2D eigenvalue weighted by Gasteiger charge is -2.18. The van der Waals surface area contributed by atoms with Gasteiger partial charge in [-0.05, 0) is 83.6 Å². The summed E-state index contributed by atoms with van der Waals surface area (Å²) in [5.74, 6) is -1.23. The zero-order chi connectivity index (χ0) is 37.5.